The van der Waals surface area contributed by atoms with E-state index in [9.17, 15) is 5.21 Å². The van der Waals surface area contributed by atoms with Crippen LogP contribution in [0, 0.1) is 16.5 Å². The Morgan fingerprint density at radius 2 is 1.50 bits per heavy atom. The van der Waals surface area contributed by atoms with Crippen molar-refractivity contribution in [1.82, 2.24) is 0 Å². The van der Waals surface area contributed by atoms with Crippen LogP contribution in [0.25, 0.3) is 0 Å². The monoisotopic (exact) mass is 229 g/mol. The van der Waals surface area contributed by atoms with Crippen molar-refractivity contribution in [1.29, 1.82) is 0 Å². The maximum Gasteiger partial charge on any atom is 0.0950 e. The second-order valence-corrected chi connectivity index (χ2v) is 7.22. The van der Waals surface area contributed by atoms with E-state index in [1.165, 1.54) is 0 Å². The van der Waals surface area contributed by atoms with E-state index in [2.05, 4.69) is 34.6 Å². The molecule has 0 amide bonds. The first-order valence-corrected chi connectivity index (χ1v) is 6.56. The summed E-state index contributed by atoms with van der Waals surface area (Å²) in [5.74, 6) is 0.483. The van der Waals surface area contributed by atoms with Gasteiger partial charge < -0.3 is 10.3 Å². The second kappa shape index (κ2) is 5.50. The summed E-state index contributed by atoms with van der Waals surface area (Å²) in [6.07, 6.45) is 2.30. The van der Waals surface area contributed by atoms with Gasteiger partial charge in [0.1, 0.15) is 0 Å². The molecule has 0 saturated heterocycles. The van der Waals surface area contributed by atoms with E-state index in [4.69, 9.17) is 0 Å². The van der Waals surface area contributed by atoms with Gasteiger partial charge in [-0.15, -0.1) is 0 Å². The lowest BCUT2D eigenvalue weighted by atomic mass is 9.76. The van der Waals surface area contributed by atoms with Gasteiger partial charge >= 0.3 is 0 Å². The molecule has 0 bridgehead atoms. The van der Waals surface area contributed by atoms with Gasteiger partial charge in [-0.1, -0.05) is 41.0 Å². The summed E-state index contributed by atoms with van der Waals surface area (Å²) in [4.78, 5) is 0. The standard InChI is InChI=1S/C14H31NO/c1-9-10-11(2)12(13(3,4)5)15(16)14(6,7)8/h11-12,15H,9-10H2,1-8H3. The summed E-state index contributed by atoms with van der Waals surface area (Å²) < 4.78 is 0. The third-order valence-electron chi connectivity index (χ3n) is 3.27. The minimum absolute atomic E-state index is 0.0684. The number of hydroxylamine groups is 2. The van der Waals surface area contributed by atoms with Gasteiger partial charge in [0, 0.05) is 11.3 Å². The van der Waals surface area contributed by atoms with Crippen molar-refractivity contribution < 1.29 is 5.06 Å². The van der Waals surface area contributed by atoms with Crippen molar-refractivity contribution in [3.05, 3.63) is 5.21 Å². The maximum atomic E-state index is 12.5. The zero-order valence-electron chi connectivity index (χ0n) is 12.5. The Morgan fingerprint density at radius 1 is 1.06 bits per heavy atom. The molecule has 0 saturated carbocycles. The van der Waals surface area contributed by atoms with Crippen LogP contribution in [-0.2, 0) is 0 Å². The fourth-order valence-corrected chi connectivity index (χ4v) is 2.59. The van der Waals surface area contributed by atoms with E-state index in [1.807, 2.05) is 20.8 Å². The number of quaternary nitrogens is 1. The van der Waals surface area contributed by atoms with E-state index in [-0.39, 0.29) is 17.0 Å². The first-order chi connectivity index (χ1) is 7.01. The van der Waals surface area contributed by atoms with Gasteiger partial charge in [0.2, 0.25) is 0 Å². The van der Waals surface area contributed by atoms with Crippen molar-refractivity contribution in [2.24, 2.45) is 11.3 Å². The number of hydrogen-bond donors (Lipinski definition) is 1. The van der Waals surface area contributed by atoms with E-state index in [0.29, 0.717) is 11.0 Å². The van der Waals surface area contributed by atoms with E-state index < -0.39 is 0 Å². The largest absolute Gasteiger partial charge is 0.634 e. The predicted octanol–water partition coefficient (Wildman–Crippen LogP) is 3.02. The molecule has 3 unspecified atom stereocenters. The van der Waals surface area contributed by atoms with E-state index in [0.717, 1.165) is 12.8 Å². The Bertz CT molecular complexity index is 200. The maximum absolute atomic E-state index is 12.5. The highest BCUT2D eigenvalue weighted by atomic mass is 16.5. The van der Waals surface area contributed by atoms with Crippen molar-refractivity contribution >= 4 is 0 Å². The molecule has 0 aliphatic heterocycles. The summed E-state index contributed by atoms with van der Waals surface area (Å²) in [6, 6.07) is 0.174. The predicted molar refractivity (Wildman–Crippen MR) is 71.4 cm³/mol. The third kappa shape index (κ3) is 4.42. The molecule has 2 nitrogen and oxygen atoms in total. The molecular formula is C14H31NO. The molecule has 0 aliphatic rings. The van der Waals surface area contributed by atoms with Crippen molar-refractivity contribution in [2.75, 3.05) is 0 Å². The molecule has 0 fully saturated rings. The van der Waals surface area contributed by atoms with Crippen molar-refractivity contribution in [3.8, 4) is 0 Å². The lowest BCUT2D eigenvalue weighted by Crippen LogP contribution is -3.20. The Morgan fingerprint density at radius 3 is 1.75 bits per heavy atom. The SMILES string of the molecule is CCCC(C)C([NH+]([O-])C(C)(C)C)C(C)(C)C. The summed E-state index contributed by atoms with van der Waals surface area (Å²) in [6.45, 7) is 17.1. The van der Waals surface area contributed by atoms with Gasteiger partial charge in [-0.3, -0.25) is 0 Å². The summed E-state index contributed by atoms with van der Waals surface area (Å²) >= 11 is 0. The zero-order valence-corrected chi connectivity index (χ0v) is 12.5. The van der Waals surface area contributed by atoms with Crippen LogP contribution in [0.4, 0.5) is 0 Å². The molecule has 0 aliphatic carbocycles. The van der Waals surface area contributed by atoms with Crippen molar-refractivity contribution in [3.63, 3.8) is 0 Å². The first-order valence-electron chi connectivity index (χ1n) is 6.56. The molecule has 2 heteroatoms. The average molecular weight is 229 g/mol. The fraction of sp³-hybridized carbons (Fsp3) is 1.00. The lowest BCUT2D eigenvalue weighted by Gasteiger charge is -2.49. The highest BCUT2D eigenvalue weighted by molar-refractivity contribution is 4.80. The molecule has 1 N–H and O–H groups in total. The van der Waals surface area contributed by atoms with Gasteiger partial charge in [-0.05, 0) is 27.2 Å². The van der Waals surface area contributed by atoms with Gasteiger partial charge in [0.05, 0.1) is 11.6 Å². The quantitative estimate of drug-likeness (QED) is 0.737. The number of rotatable bonds is 4. The molecule has 3 atom stereocenters. The minimum atomic E-state index is -0.222. The zero-order chi connectivity index (χ0) is 13.1. The van der Waals surface area contributed by atoms with Crippen LogP contribution in [0.15, 0.2) is 0 Å². The molecule has 0 spiro atoms. The highest BCUT2D eigenvalue weighted by Crippen LogP contribution is 2.26. The van der Waals surface area contributed by atoms with Crippen LogP contribution in [0.1, 0.15) is 68.2 Å². The minimum Gasteiger partial charge on any atom is -0.634 e. The molecule has 0 radical (unpaired) electrons. The third-order valence-corrected chi connectivity index (χ3v) is 3.27. The number of hydrogen-bond acceptors (Lipinski definition) is 1. The normalized spacial score (nSPS) is 19.3. The molecule has 0 aromatic rings. The van der Waals surface area contributed by atoms with Crippen LogP contribution in [0.2, 0.25) is 0 Å². The average Bonchev–Trinajstić information content (AvgIpc) is 1.99. The van der Waals surface area contributed by atoms with Crippen LogP contribution in [0.5, 0.6) is 0 Å². The molecule has 0 aromatic heterocycles. The summed E-state index contributed by atoms with van der Waals surface area (Å²) in [5, 5.41) is 12.9. The van der Waals surface area contributed by atoms with Crippen molar-refractivity contribution in [2.45, 2.75) is 79.8 Å². The second-order valence-electron chi connectivity index (χ2n) is 7.22. The van der Waals surface area contributed by atoms with E-state index >= 15 is 0 Å². The van der Waals surface area contributed by atoms with Crippen LogP contribution >= 0.6 is 0 Å². The molecule has 98 valence electrons. The topological polar surface area (TPSA) is 27.5 Å². The lowest BCUT2D eigenvalue weighted by molar-refractivity contribution is -0.934. The molecule has 16 heavy (non-hydrogen) atoms. The van der Waals surface area contributed by atoms with Gasteiger partial charge in [0.25, 0.3) is 0 Å². The van der Waals surface area contributed by atoms with E-state index in [1.54, 1.807) is 0 Å². The molecule has 0 aromatic carbocycles. The van der Waals surface area contributed by atoms with Crippen LogP contribution in [-0.4, -0.2) is 11.6 Å². The Hall–Kier alpha value is -0.0800. The summed E-state index contributed by atoms with van der Waals surface area (Å²) in [5.41, 5.74) is -0.154. The van der Waals surface area contributed by atoms with Gasteiger partial charge in [-0.25, -0.2) is 0 Å². The Labute approximate surface area is 102 Å². The Kier molecular flexibility index (Phi) is 5.48. The van der Waals surface area contributed by atoms with Crippen LogP contribution < -0.4 is 5.06 Å². The van der Waals surface area contributed by atoms with Gasteiger partial charge in [0.15, 0.2) is 0 Å². The Balaban J connectivity index is 4.96. The molecule has 0 rings (SSSR count). The summed E-state index contributed by atoms with van der Waals surface area (Å²) in [7, 11) is 0. The number of nitrogens with one attached hydrogen (secondary N) is 1. The molecule has 0 heterocycles. The molecular weight excluding hydrogens is 198 g/mol. The first kappa shape index (κ1) is 15.9. The highest BCUT2D eigenvalue weighted by Gasteiger charge is 2.38. The smallest absolute Gasteiger partial charge is 0.0950 e. The fourth-order valence-electron chi connectivity index (χ4n) is 2.59. The van der Waals surface area contributed by atoms with Gasteiger partial charge in [-0.2, -0.15) is 0 Å². The van der Waals surface area contributed by atoms with Crippen LogP contribution in [0.3, 0.4) is 0 Å².